The van der Waals surface area contributed by atoms with Gasteiger partial charge in [-0.1, -0.05) is 12.8 Å². The average molecular weight is 458 g/mol. The molecular weight excluding hydrogens is 422 g/mol. The molecule has 4 aliphatic rings. The Morgan fingerprint density at radius 3 is 2.39 bits per heavy atom. The zero-order valence-corrected chi connectivity index (χ0v) is 19.5. The number of benzene rings is 1. The SMILES string of the molecule is COc1cc(OCC2CC2)c([N+](=O)[O-])cc1C(=O)N[C@H]1CCN(C2C3CCCC2CCC3)C1. The Balaban J connectivity index is 1.27. The number of nitro groups is 1. The maximum absolute atomic E-state index is 13.1. The van der Waals surface area contributed by atoms with Crippen LogP contribution in [0.3, 0.4) is 0 Å². The van der Waals surface area contributed by atoms with Crippen LogP contribution in [0.25, 0.3) is 0 Å². The highest BCUT2D eigenvalue weighted by molar-refractivity contribution is 5.98. The third-order valence-corrected chi connectivity index (χ3v) is 8.14. The Hall–Kier alpha value is -2.35. The number of nitrogens with one attached hydrogen (secondary N) is 1. The monoisotopic (exact) mass is 457 g/mol. The van der Waals surface area contributed by atoms with Crippen LogP contribution < -0.4 is 14.8 Å². The molecule has 5 rings (SSSR count). The molecule has 0 unspecified atom stereocenters. The molecule has 0 radical (unpaired) electrons. The molecule has 3 saturated carbocycles. The summed E-state index contributed by atoms with van der Waals surface area (Å²) in [6.07, 6.45) is 11.2. The number of ether oxygens (including phenoxy) is 2. The number of rotatable bonds is 8. The Morgan fingerprint density at radius 2 is 1.79 bits per heavy atom. The fourth-order valence-electron chi connectivity index (χ4n) is 6.32. The molecule has 1 N–H and O–H groups in total. The summed E-state index contributed by atoms with van der Waals surface area (Å²) in [4.78, 5) is 26.9. The summed E-state index contributed by atoms with van der Waals surface area (Å²) < 4.78 is 11.1. The number of nitro benzene ring substituents is 1. The predicted molar refractivity (Wildman–Crippen MR) is 124 cm³/mol. The lowest BCUT2D eigenvalue weighted by Gasteiger charge is -2.47. The smallest absolute Gasteiger partial charge is 0.312 e. The molecule has 8 nitrogen and oxygen atoms in total. The lowest BCUT2D eigenvalue weighted by Crippen LogP contribution is -2.50. The van der Waals surface area contributed by atoms with Crippen molar-refractivity contribution in [2.45, 2.75) is 69.9 Å². The molecule has 1 aromatic carbocycles. The maximum Gasteiger partial charge on any atom is 0.312 e. The molecule has 1 aliphatic heterocycles. The van der Waals surface area contributed by atoms with E-state index in [1.807, 2.05) is 0 Å². The van der Waals surface area contributed by atoms with Crippen molar-refractivity contribution in [3.05, 3.63) is 27.8 Å². The summed E-state index contributed by atoms with van der Waals surface area (Å²) in [5.74, 6) is 2.22. The summed E-state index contributed by atoms with van der Waals surface area (Å²) in [5.41, 5.74) is 0.000590. The maximum atomic E-state index is 13.1. The first kappa shape index (κ1) is 22.4. The molecule has 1 saturated heterocycles. The summed E-state index contributed by atoms with van der Waals surface area (Å²) in [6.45, 7) is 2.32. The summed E-state index contributed by atoms with van der Waals surface area (Å²) >= 11 is 0. The highest BCUT2D eigenvalue weighted by Crippen LogP contribution is 2.43. The van der Waals surface area contributed by atoms with Gasteiger partial charge in [-0.2, -0.15) is 0 Å². The zero-order valence-electron chi connectivity index (χ0n) is 19.5. The number of methoxy groups -OCH3 is 1. The van der Waals surface area contributed by atoms with Crippen molar-refractivity contribution in [1.82, 2.24) is 10.2 Å². The molecule has 1 heterocycles. The number of carbonyl (C=O) groups excluding carboxylic acids is 1. The Kier molecular flexibility index (Phi) is 6.45. The molecule has 3 aliphatic carbocycles. The topological polar surface area (TPSA) is 93.9 Å². The number of carbonyl (C=O) groups is 1. The van der Waals surface area contributed by atoms with E-state index in [4.69, 9.17) is 9.47 Å². The zero-order chi connectivity index (χ0) is 22.9. The highest BCUT2D eigenvalue weighted by Gasteiger charge is 2.42. The van der Waals surface area contributed by atoms with Crippen LogP contribution in [0.5, 0.6) is 11.5 Å². The van der Waals surface area contributed by atoms with E-state index in [0.29, 0.717) is 24.3 Å². The van der Waals surface area contributed by atoms with E-state index in [1.54, 1.807) is 0 Å². The van der Waals surface area contributed by atoms with Crippen LogP contribution in [0, 0.1) is 27.9 Å². The van der Waals surface area contributed by atoms with E-state index < -0.39 is 4.92 Å². The van der Waals surface area contributed by atoms with Crippen molar-refractivity contribution < 1.29 is 19.2 Å². The van der Waals surface area contributed by atoms with Gasteiger partial charge in [-0.05, 0) is 62.7 Å². The van der Waals surface area contributed by atoms with Crippen LogP contribution in [-0.4, -0.2) is 54.6 Å². The van der Waals surface area contributed by atoms with Gasteiger partial charge in [0.2, 0.25) is 5.75 Å². The van der Waals surface area contributed by atoms with Crippen molar-refractivity contribution in [3.8, 4) is 11.5 Å². The van der Waals surface area contributed by atoms with Gasteiger partial charge in [0.15, 0.2) is 0 Å². The van der Waals surface area contributed by atoms with Gasteiger partial charge < -0.3 is 14.8 Å². The van der Waals surface area contributed by atoms with Crippen molar-refractivity contribution >= 4 is 11.6 Å². The third kappa shape index (κ3) is 4.81. The molecule has 2 bridgehead atoms. The minimum absolute atomic E-state index is 0.0507. The predicted octanol–water partition coefficient (Wildman–Crippen LogP) is 4.17. The average Bonchev–Trinajstić information content (AvgIpc) is 3.53. The molecule has 33 heavy (non-hydrogen) atoms. The van der Waals surface area contributed by atoms with Crippen molar-refractivity contribution in [2.75, 3.05) is 26.8 Å². The molecule has 180 valence electrons. The molecule has 1 atom stereocenters. The van der Waals surface area contributed by atoms with Crippen molar-refractivity contribution in [3.63, 3.8) is 0 Å². The van der Waals surface area contributed by atoms with Gasteiger partial charge in [-0.25, -0.2) is 0 Å². The molecule has 1 aromatic rings. The van der Waals surface area contributed by atoms with Gasteiger partial charge >= 0.3 is 5.69 Å². The fraction of sp³-hybridized carbons (Fsp3) is 0.720. The number of amides is 1. The van der Waals surface area contributed by atoms with E-state index in [2.05, 4.69) is 10.2 Å². The van der Waals surface area contributed by atoms with Gasteiger partial charge in [0.05, 0.1) is 24.2 Å². The number of fused-ring (bicyclic) bond motifs is 2. The van der Waals surface area contributed by atoms with Gasteiger partial charge in [-0.3, -0.25) is 19.8 Å². The number of hydrogen-bond donors (Lipinski definition) is 1. The van der Waals surface area contributed by atoms with Crippen LogP contribution >= 0.6 is 0 Å². The van der Waals surface area contributed by atoms with Gasteiger partial charge in [-0.15, -0.1) is 0 Å². The quantitative estimate of drug-likeness (QED) is 0.465. The van der Waals surface area contributed by atoms with E-state index in [1.165, 1.54) is 57.8 Å². The first-order valence-electron chi connectivity index (χ1n) is 12.6. The Labute approximate surface area is 195 Å². The molecule has 1 amide bonds. The van der Waals surface area contributed by atoms with E-state index >= 15 is 0 Å². The van der Waals surface area contributed by atoms with E-state index in [-0.39, 0.29) is 28.9 Å². The molecule has 4 fully saturated rings. The standard InChI is InChI=1S/C25H35N3O5/c1-32-22-13-23(33-15-16-8-9-16)21(28(30)31)12-20(22)25(29)26-19-10-11-27(14-19)24-17-4-2-5-18(24)7-3-6-17/h12-13,16-19,24H,2-11,14-15H2,1H3,(H,26,29)/t17?,18?,19-,24?/m0/s1. The Morgan fingerprint density at radius 1 is 1.09 bits per heavy atom. The van der Waals surface area contributed by atoms with Crippen molar-refractivity contribution in [2.24, 2.45) is 17.8 Å². The highest BCUT2D eigenvalue weighted by atomic mass is 16.6. The number of likely N-dealkylation sites (tertiary alicyclic amines) is 1. The van der Waals surface area contributed by atoms with Gasteiger partial charge in [0, 0.05) is 37.3 Å². The van der Waals surface area contributed by atoms with Gasteiger partial charge in [0.25, 0.3) is 5.91 Å². The fourth-order valence-corrected chi connectivity index (χ4v) is 6.32. The Bertz CT molecular complexity index is 880. The molecule has 0 aromatic heterocycles. The second-order valence-corrected chi connectivity index (χ2v) is 10.4. The minimum atomic E-state index is -0.489. The van der Waals surface area contributed by atoms with E-state index in [0.717, 1.165) is 44.2 Å². The summed E-state index contributed by atoms with van der Waals surface area (Å²) in [6, 6.07) is 3.50. The van der Waals surface area contributed by atoms with Crippen LogP contribution in [0.1, 0.15) is 68.1 Å². The lowest BCUT2D eigenvalue weighted by molar-refractivity contribution is -0.385. The second kappa shape index (κ2) is 9.49. The minimum Gasteiger partial charge on any atom is -0.496 e. The van der Waals surface area contributed by atoms with E-state index in [9.17, 15) is 14.9 Å². The third-order valence-electron chi connectivity index (χ3n) is 8.14. The molecular formula is C25H35N3O5. The number of nitrogens with zero attached hydrogens (tertiary/aromatic N) is 2. The molecule has 8 heteroatoms. The second-order valence-electron chi connectivity index (χ2n) is 10.4. The summed E-state index contributed by atoms with van der Waals surface area (Å²) in [5, 5.41) is 14.8. The van der Waals surface area contributed by atoms with Crippen LogP contribution in [-0.2, 0) is 0 Å². The van der Waals surface area contributed by atoms with Crippen LogP contribution in [0.4, 0.5) is 5.69 Å². The molecule has 0 spiro atoms. The lowest BCUT2D eigenvalue weighted by atomic mass is 9.68. The van der Waals surface area contributed by atoms with Crippen molar-refractivity contribution in [1.29, 1.82) is 0 Å². The van der Waals surface area contributed by atoms with Crippen LogP contribution in [0.15, 0.2) is 12.1 Å². The first-order valence-corrected chi connectivity index (χ1v) is 12.6. The first-order chi connectivity index (χ1) is 16.0. The number of hydrogen-bond acceptors (Lipinski definition) is 6. The van der Waals surface area contributed by atoms with Gasteiger partial charge in [0.1, 0.15) is 5.75 Å². The summed E-state index contributed by atoms with van der Waals surface area (Å²) in [7, 11) is 1.47. The normalized spacial score (nSPS) is 29.5. The largest absolute Gasteiger partial charge is 0.496 e. The van der Waals surface area contributed by atoms with Crippen LogP contribution in [0.2, 0.25) is 0 Å².